The second-order valence-electron chi connectivity index (χ2n) is 6.63. The molecule has 0 atom stereocenters. The molecule has 0 saturated heterocycles. The standard InChI is InChI=1S/C16H25BrN2O2/c1-11(2)19-9-13(17)8-14(19)15(20)18-10-16(21)6-4-12(3)5-7-16/h8-9,11-12,21H,4-7,10H2,1-3H3,(H,18,20). The third-order valence-electron chi connectivity index (χ3n) is 4.39. The molecule has 4 nitrogen and oxygen atoms in total. The van der Waals surface area contributed by atoms with Gasteiger partial charge in [0.05, 0.1) is 5.60 Å². The molecule has 1 fully saturated rings. The molecule has 1 aliphatic carbocycles. The fourth-order valence-electron chi connectivity index (χ4n) is 2.87. The van der Waals surface area contributed by atoms with Crippen LogP contribution in [0.1, 0.15) is 63.0 Å². The van der Waals surface area contributed by atoms with Gasteiger partial charge in [-0.2, -0.15) is 0 Å². The Labute approximate surface area is 135 Å². The summed E-state index contributed by atoms with van der Waals surface area (Å²) >= 11 is 3.41. The summed E-state index contributed by atoms with van der Waals surface area (Å²) in [4.78, 5) is 12.4. The van der Waals surface area contributed by atoms with E-state index in [2.05, 4.69) is 28.2 Å². The van der Waals surface area contributed by atoms with Crippen molar-refractivity contribution in [1.29, 1.82) is 0 Å². The molecule has 5 heteroatoms. The zero-order chi connectivity index (χ0) is 15.6. The van der Waals surface area contributed by atoms with E-state index in [4.69, 9.17) is 0 Å². The minimum absolute atomic E-state index is 0.124. The van der Waals surface area contributed by atoms with Crippen molar-refractivity contribution in [2.75, 3.05) is 6.54 Å². The lowest BCUT2D eigenvalue weighted by Gasteiger charge is -2.35. The number of nitrogens with one attached hydrogen (secondary N) is 1. The number of hydrogen-bond donors (Lipinski definition) is 2. The fraction of sp³-hybridized carbons (Fsp3) is 0.688. The van der Waals surface area contributed by atoms with Crippen LogP contribution in [0.3, 0.4) is 0 Å². The van der Waals surface area contributed by atoms with E-state index in [1.54, 1.807) is 0 Å². The number of carbonyl (C=O) groups excluding carboxylic acids is 1. The largest absolute Gasteiger partial charge is 0.388 e. The molecule has 0 aliphatic heterocycles. The van der Waals surface area contributed by atoms with Crippen LogP contribution in [0.25, 0.3) is 0 Å². The molecule has 1 aromatic heterocycles. The molecule has 0 spiro atoms. The molecule has 0 unspecified atom stereocenters. The number of aliphatic hydroxyl groups is 1. The maximum atomic E-state index is 12.4. The Bertz CT molecular complexity index is 502. The van der Waals surface area contributed by atoms with Gasteiger partial charge in [-0.15, -0.1) is 0 Å². The van der Waals surface area contributed by atoms with Gasteiger partial charge >= 0.3 is 0 Å². The molecule has 0 radical (unpaired) electrons. The summed E-state index contributed by atoms with van der Waals surface area (Å²) in [6.07, 6.45) is 5.50. The Morgan fingerprint density at radius 1 is 1.52 bits per heavy atom. The Morgan fingerprint density at radius 2 is 2.14 bits per heavy atom. The SMILES string of the molecule is CC1CCC(O)(CNC(=O)c2cc(Br)cn2C(C)C)CC1. The number of carbonyl (C=O) groups is 1. The molecule has 2 N–H and O–H groups in total. The van der Waals surface area contributed by atoms with Gasteiger partial charge < -0.3 is 15.0 Å². The summed E-state index contributed by atoms with van der Waals surface area (Å²) in [5.74, 6) is 0.552. The molecule has 1 saturated carbocycles. The molecule has 0 aromatic carbocycles. The van der Waals surface area contributed by atoms with E-state index >= 15 is 0 Å². The highest BCUT2D eigenvalue weighted by molar-refractivity contribution is 9.10. The Hall–Kier alpha value is -0.810. The topological polar surface area (TPSA) is 54.3 Å². The van der Waals surface area contributed by atoms with E-state index in [1.165, 1.54) is 0 Å². The lowest BCUT2D eigenvalue weighted by atomic mass is 9.79. The van der Waals surface area contributed by atoms with Gasteiger partial charge in [0.25, 0.3) is 5.91 Å². The molecule has 1 aromatic rings. The van der Waals surface area contributed by atoms with Crippen LogP contribution in [-0.2, 0) is 0 Å². The zero-order valence-electron chi connectivity index (χ0n) is 13.0. The van der Waals surface area contributed by atoms with E-state index in [9.17, 15) is 9.90 Å². The first-order chi connectivity index (χ1) is 9.81. The first kappa shape index (κ1) is 16.6. The third-order valence-corrected chi connectivity index (χ3v) is 4.82. The van der Waals surface area contributed by atoms with E-state index in [1.807, 2.05) is 30.7 Å². The molecule has 1 heterocycles. The van der Waals surface area contributed by atoms with Crippen molar-refractivity contribution in [3.63, 3.8) is 0 Å². The van der Waals surface area contributed by atoms with Crippen molar-refractivity contribution in [2.24, 2.45) is 5.92 Å². The maximum Gasteiger partial charge on any atom is 0.268 e. The Kier molecular flexibility index (Phi) is 5.15. The Morgan fingerprint density at radius 3 is 2.71 bits per heavy atom. The Balaban J connectivity index is 1.99. The number of hydrogen-bond acceptors (Lipinski definition) is 2. The van der Waals surface area contributed by atoms with Gasteiger partial charge in [-0.25, -0.2) is 0 Å². The zero-order valence-corrected chi connectivity index (χ0v) is 14.6. The summed E-state index contributed by atoms with van der Waals surface area (Å²) in [6, 6.07) is 2.04. The van der Waals surface area contributed by atoms with Crippen LogP contribution in [0.4, 0.5) is 0 Å². The van der Waals surface area contributed by atoms with Crippen molar-refractivity contribution in [3.05, 3.63) is 22.4 Å². The number of aromatic nitrogens is 1. The van der Waals surface area contributed by atoms with E-state index in [-0.39, 0.29) is 11.9 Å². The normalized spacial score (nSPS) is 26.1. The monoisotopic (exact) mass is 356 g/mol. The number of halogens is 1. The van der Waals surface area contributed by atoms with Crippen molar-refractivity contribution in [1.82, 2.24) is 9.88 Å². The fourth-order valence-corrected chi connectivity index (χ4v) is 3.30. The minimum atomic E-state index is -0.741. The second kappa shape index (κ2) is 6.53. The van der Waals surface area contributed by atoms with Crippen molar-refractivity contribution in [2.45, 2.75) is 58.1 Å². The second-order valence-corrected chi connectivity index (χ2v) is 7.55. The molecular formula is C16H25BrN2O2. The van der Waals surface area contributed by atoms with Gasteiger partial charge in [-0.05, 0) is 67.4 Å². The van der Waals surface area contributed by atoms with Crippen LogP contribution in [0.15, 0.2) is 16.7 Å². The van der Waals surface area contributed by atoms with Crippen LogP contribution in [0, 0.1) is 5.92 Å². The summed E-state index contributed by atoms with van der Waals surface area (Å²) < 4.78 is 2.83. The smallest absolute Gasteiger partial charge is 0.268 e. The average Bonchev–Trinajstić information content (AvgIpc) is 2.82. The average molecular weight is 357 g/mol. The van der Waals surface area contributed by atoms with E-state index in [0.29, 0.717) is 18.2 Å². The van der Waals surface area contributed by atoms with Crippen molar-refractivity contribution in [3.8, 4) is 0 Å². The molecule has 1 amide bonds. The number of nitrogens with zero attached hydrogens (tertiary/aromatic N) is 1. The first-order valence-corrected chi connectivity index (χ1v) is 8.48. The maximum absolute atomic E-state index is 12.4. The molecule has 2 rings (SSSR count). The van der Waals surface area contributed by atoms with Crippen LogP contribution in [-0.4, -0.2) is 27.7 Å². The summed E-state index contributed by atoms with van der Waals surface area (Å²) in [6.45, 7) is 6.63. The van der Waals surface area contributed by atoms with E-state index < -0.39 is 5.60 Å². The lowest BCUT2D eigenvalue weighted by Crippen LogP contribution is -2.45. The van der Waals surface area contributed by atoms with Crippen LogP contribution < -0.4 is 5.32 Å². The highest BCUT2D eigenvalue weighted by atomic mass is 79.9. The summed E-state index contributed by atoms with van der Waals surface area (Å²) in [7, 11) is 0. The lowest BCUT2D eigenvalue weighted by molar-refractivity contribution is -0.00547. The van der Waals surface area contributed by atoms with Gasteiger partial charge in [0, 0.05) is 23.3 Å². The predicted molar refractivity (Wildman–Crippen MR) is 87.4 cm³/mol. The number of amides is 1. The molecule has 1 aliphatic rings. The van der Waals surface area contributed by atoms with Gasteiger partial charge in [-0.1, -0.05) is 6.92 Å². The van der Waals surface area contributed by atoms with Gasteiger partial charge in [0.1, 0.15) is 5.69 Å². The molecule has 0 bridgehead atoms. The third kappa shape index (κ3) is 4.10. The molecular weight excluding hydrogens is 332 g/mol. The quantitative estimate of drug-likeness (QED) is 0.867. The predicted octanol–water partition coefficient (Wildman–Crippen LogP) is 3.50. The highest BCUT2D eigenvalue weighted by Gasteiger charge is 2.32. The summed E-state index contributed by atoms with van der Waals surface area (Å²) in [5.41, 5.74) is -0.112. The summed E-state index contributed by atoms with van der Waals surface area (Å²) in [5, 5.41) is 13.4. The first-order valence-electron chi connectivity index (χ1n) is 7.69. The van der Waals surface area contributed by atoms with Crippen molar-refractivity contribution >= 4 is 21.8 Å². The van der Waals surface area contributed by atoms with Gasteiger partial charge in [0.15, 0.2) is 0 Å². The van der Waals surface area contributed by atoms with E-state index in [0.717, 1.165) is 30.2 Å². The van der Waals surface area contributed by atoms with Gasteiger partial charge in [0.2, 0.25) is 0 Å². The van der Waals surface area contributed by atoms with Crippen LogP contribution >= 0.6 is 15.9 Å². The van der Waals surface area contributed by atoms with Crippen LogP contribution in [0.2, 0.25) is 0 Å². The minimum Gasteiger partial charge on any atom is -0.388 e. The highest BCUT2D eigenvalue weighted by Crippen LogP contribution is 2.31. The van der Waals surface area contributed by atoms with Gasteiger partial charge in [-0.3, -0.25) is 4.79 Å². The molecule has 118 valence electrons. The molecule has 21 heavy (non-hydrogen) atoms. The van der Waals surface area contributed by atoms with Crippen molar-refractivity contribution < 1.29 is 9.90 Å². The number of rotatable bonds is 4. The van der Waals surface area contributed by atoms with Crippen LogP contribution in [0.5, 0.6) is 0 Å².